The van der Waals surface area contributed by atoms with Crippen LogP contribution in [0.1, 0.15) is 16.4 Å². The first kappa shape index (κ1) is 20.5. The van der Waals surface area contributed by atoms with E-state index in [-0.39, 0.29) is 17.3 Å². The second kappa shape index (κ2) is 8.52. The number of amides is 1. The number of nitro benzene ring substituents is 1. The quantitative estimate of drug-likeness (QED) is 0.211. The lowest BCUT2D eigenvalue weighted by atomic mass is 10.1. The van der Waals surface area contributed by atoms with Crippen LogP contribution in [0.25, 0.3) is 11.0 Å². The number of carbonyl (C=O) groups is 1. The Morgan fingerprint density at radius 1 is 1.19 bits per heavy atom. The number of hydrogen-bond acceptors (Lipinski definition) is 7. The summed E-state index contributed by atoms with van der Waals surface area (Å²) in [7, 11) is 1.78. The van der Waals surface area contributed by atoms with Crippen LogP contribution in [0.4, 0.5) is 11.4 Å². The predicted molar refractivity (Wildman–Crippen MR) is 118 cm³/mol. The van der Waals surface area contributed by atoms with Gasteiger partial charge < -0.3 is 5.32 Å². The first-order valence-corrected chi connectivity index (χ1v) is 10.2. The van der Waals surface area contributed by atoms with Crippen LogP contribution in [0, 0.1) is 17.0 Å². The van der Waals surface area contributed by atoms with Gasteiger partial charge in [-0.05, 0) is 24.1 Å². The van der Waals surface area contributed by atoms with Gasteiger partial charge in [-0.15, -0.1) is 0 Å². The van der Waals surface area contributed by atoms with E-state index in [1.807, 2.05) is 30.3 Å². The number of hydrogen-bond donors (Lipinski definition) is 1. The van der Waals surface area contributed by atoms with E-state index in [9.17, 15) is 14.9 Å². The minimum Gasteiger partial charge on any atom is -0.319 e. The molecular weight excluding hydrogens is 416 g/mol. The molecule has 1 atom stereocenters. The zero-order valence-electron chi connectivity index (χ0n) is 16.7. The number of thioether (sulfide) groups is 1. The average molecular weight is 434 g/mol. The third kappa shape index (κ3) is 4.24. The van der Waals surface area contributed by atoms with Crippen LogP contribution >= 0.6 is 11.8 Å². The summed E-state index contributed by atoms with van der Waals surface area (Å²) in [4.78, 5) is 32.8. The van der Waals surface area contributed by atoms with E-state index in [1.54, 1.807) is 37.0 Å². The first-order valence-electron chi connectivity index (χ1n) is 9.34. The van der Waals surface area contributed by atoms with Crippen LogP contribution in [-0.2, 0) is 11.8 Å². The molecule has 0 bridgehead atoms. The Morgan fingerprint density at radius 3 is 2.71 bits per heavy atom. The van der Waals surface area contributed by atoms with Crippen molar-refractivity contribution in [3.8, 4) is 0 Å². The molecule has 4 aromatic rings. The van der Waals surface area contributed by atoms with Crippen LogP contribution in [0.15, 0.2) is 66.1 Å². The Labute approximate surface area is 181 Å². The fraction of sp³-hybridized carbons (Fsp3) is 0.143. The maximum atomic E-state index is 13.3. The average Bonchev–Trinajstić information content (AvgIpc) is 3.15. The van der Waals surface area contributed by atoms with Crippen molar-refractivity contribution in [1.29, 1.82) is 0 Å². The lowest BCUT2D eigenvalue weighted by molar-refractivity contribution is -0.384. The Morgan fingerprint density at radius 2 is 1.97 bits per heavy atom. The second-order valence-corrected chi connectivity index (χ2v) is 7.95. The molecule has 0 aliphatic heterocycles. The summed E-state index contributed by atoms with van der Waals surface area (Å²) in [6.07, 6.45) is 3.08. The summed E-state index contributed by atoms with van der Waals surface area (Å²) in [6, 6.07) is 13.9. The van der Waals surface area contributed by atoms with Gasteiger partial charge in [-0.1, -0.05) is 48.2 Å². The molecule has 2 heterocycles. The summed E-state index contributed by atoms with van der Waals surface area (Å²) < 4.78 is 1.63. The van der Waals surface area contributed by atoms with E-state index in [2.05, 4.69) is 20.4 Å². The fourth-order valence-corrected chi connectivity index (χ4v) is 4.20. The molecule has 0 aliphatic carbocycles. The molecule has 0 saturated heterocycles. The SMILES string of the molecule is Cc1ccc(NC(=O)C(Sc2ncnc3c2cnn3C)c2ccccc2)c([N+](=O)[O-])c1. The Hall–Kier alpha value is -3.79. The fourth-order valence-electron chi connectivity index (χ4n) is 3.14. The van der Waals surface area contributed by atoms with Crippen LogP contribution in [0.2, 0.25) is 0 Å². The molecule has 4 rings (SSSR count). The van der Waals surface area contributed by atoms with Crippen molar-refractivity contribution in [2.24, 2.45) is 7.05 Å². The van der Waals surface area contributed by atoms with Crippen molar-refractivity contribution in [3.05, 3.63) is 82.3 Å². The monoisotopic (exact) mass is 434 g/mol. The summed E-state index contributed by atoms with van der Waals surface area (Å²) in [6.45, 7) is 1.76. The Balaban J connectivity index is 1.71. The molecule has 31 heavy (non-hydrogen) atoms. The molecule has 1 N–H and O–H groups in total. The van der Waals surface area contributed by atoms with Crippen molar-refractivity contribution in [1.82, 2.24) is 19.7 Å². The third-order valence-electron chi connectivity index (χ3n) is 4.67. The van der Waals surface area contributed by atoms with Gasteiger partial charge >= 0.3 is 0 Å². The van der Waals surface area contributed by atoms with Crippen molar-refractivity contribution in [3.63, 3.8) is 0 Å². The van der Waals surface area contributed by atoms with Gasteiger partial charge in [-0.25, -0.2) is 9.97 Å². The van der Waals surface area contributed by atoms with Crippen LogP contribution < -0.4 is 5.32 Å². The molecule has 0 fully saturated rings. The standard InChI is InChI=1S/C21H18N6O3S/c1-13-8-9-16(17(10-13)27(29)30)25-20(28)18(14-6-4-3-5-7-14)31-21-15-11-24-26(2)19(15)22-12-23-21/h3-12,18H,1-2H3,(H,25,28). The summed E-state index contributed by atoms with van der Waals surface area (Å²) in [5.74, 6) is -0.390. The van der Waals surface area contributed by atoms with Gasteiger partial charge in [0.05, 0.1) is 16.5 Å². The van der Waals surface area contributed by atoms with E-state index in [0.29, 0.717) is 10.7 Å². The molecule has 2 aromatic carbocycles. The van der Waals surface area contributed by atoms with E-state index < -0.39 is 10.2 Å². The number of fused-ring (bicyclic) bond motifs is 1. The topological polar surface area (TPSA) is 116 Å². The van der Waals surface area contributed by atoms with Crippen molar-refractivity contribution in [2.45, 2.75) is 17.2 Å². The van der Waals surface area contributed by atoms with E-state index in [4.69, 9.17) is 0 Å². The maximum Gasteiger partial charge on any atom is 0.293 e. The Bertz CT molecular complexity index is 1270. The molecule has 1 unspecified atom stereocenters. The zero-order valence-corrected chi connectivity index (χ0v) is 17.5. The number of nitro groups is 1. The zero-order chi connectivity index (χ0) is 22.0. The number of rotatable bonds is 6. The second-order valence-electron chi connectivity index (χ2n) is 6.86. The first-order chi connectivity index (χ1) is 14.9. The van der Waals surface area contributed by atoms with Gasteiger partial charge in [0.25, 0.3) is 5.69 Å². The molecule has 0 saturated carbocycles. The summed E-state index contributed by atoms with van der Waals surface area (Å²) >= 11 is 1.24. The van der Waals surface area contributed by atoms with Gasteiger partial charge in [-0.2, -0.15) is 5.10 Å². The van der Waals surface area contributed by atoms with E-state index in [1.165, 1.54) is 24.2 Å². The molecule has 156 valence electrons. The lowest BCUT2D eigenvalue weighted by Gasteiger charge is -2.17. The number of aryl methyl sites for hydroxylation is 2. The number of anilines is 1. The van der Waals surface area contributed by atoms with Gasteiger partial charge in [0.1, 0.15) is 22.3 Å². The van der Waals surface area contributed by atoms with E-state index >= 15 is 0 Å². The molecule has 2 aromatic heterocycles. The highest BCUT2D eigenvalue weighted by Crippen LogP contribution is 2.38. The number of benzene rings is 2. The van der Waals surface area contributed by atoms with Crippen molar-refractivity contribution < 1.29 is 9.72 Å². The normalized spacial score (nSPS) is 11.9. The Kier molecular flexibility index (Phi) is 5.63. The van der Waals surface area contributed by atoms with Crippen LogP contribution in [0.5, 0.6) is 0 Å². The highest BCUT2D eigenvalue weighted by Gasteiger charge is 2.26. The molecule has 0 spiro atoms. The smallest absolute Gasteiger partial charge is 0.293 e. The van der Waals surface area contributed by atoms with Gasteiger partial charge in [0.2, 0.25) is 5.91 Å². The van der Waals surface area contributed by atoms with Crippen LogP contribution in [0.3, 0.4) is 0 Å². The molecule has 0 radical (unpaired) electrons. The summed E-state index contributed by atoms with van der Waals surface area (Å²) in [5, 5.41) is 19.0. The molecule has 1 amide bonds. The number of carbonyl (C=O) groups excluding carboxylic acids is 1. The van der Waals surface area contributed by atoms with Crippen molar-refractivity contribution >= 4 is 40.1 Å². The minimum absolute atomic E-state index is 0.149. The van der Waals surface area contributed by atoms with Gasteiger partial charge in [0, 0.05) is 13.1 Å². The highest BCUT2D eigenvalue weighted by molar-refractivity contribution is 8.00. The summed E-state index contributed by atoms with van der Waals surface area (Å²) in [5.41, 5.74) is 2.13. The minimum atomic E-state index is -0.694. The predicted octanol–water partition coefficient (Wildman–Crippen LogP) is 4.05. The van der Waals surface area contributed by atoms with Crippen molar-refractivity contribution in [2.75, 3.05) is 5.32 Å². The number of nitrogens with zero attached hydrogens (tertiary/aromatic N) is 5. The van der Waals surface area contributed by atoms with Gasteiger partial charge in [-0.3, -0.25) is 19.6 Å². The number of aromatic nitrogens is 4. The molecular formula is C21H18N6O3S. The van der Waals surface area contributed by atoms with Crippen LogP contribution in [-0.4, -0.2) is 30.6 Å². The molecule has 10 heteroatoms. The molecule has 9 nitrogen and oxygen atoms in total. The highest BCUT2D eigenvalue weighted by atomic mass is 32.2. The maximum absolute atomic E-state index is 13.3. The lowest BCUT2D eigenvalue weighted by Crippen LogP contribution is -2.20. The van der Waals surface area contributed by atoms with Gasteiger partial charge in [0.15, 0.2) is 5.65 Å². The molecule has 0 aliphatic rings. The van der Waals surface area contributed by atoms with E-state index in [0.717, 1.165) is 16.5 Å². The largest absolute Gasteiger partial charge is 0.319 e. The third-order valence-corrected chi connectivity index (χ3v) is 5.94. The number of nitrogens with one attached hydrogen (secondary N) is 1.